The molecular formula is C18H28N2O. The molecule has 2 aliphatic heterocycles. The molecule has 0 aliphatic carbocycles. The maximum atomic E-state index is 5.81. The first-order chi connectivity index (χ1) is 10.3. The van der Waals surface area contributed by atoms with Gasteiger partial charge in [-0.15, -0.1) is 0 Å². The second-order valence-electron chi connectivity index (χ2n) is 6.58. The molecule has 116 valence electrons. The smallest absolute Gasteiger partial charge is 0.122 e. The summed E-state index contributed by atoms with van der Waals surface area (Å²) in [4.78, 5) is 2.72. The highest BCUT2D eigenvalue weighted by atomic mass is 16.5. The summed E-state index contributed by atoms with van der Waals surface area (Å²) in [5.74, 6) is 1.73. The third-order valence-corrected chi connectivity index (χ3v) is 4.89. The molecule has 3 rings (SSSR count). The van der Waals surface area contributed by atoms with E-state index in [1.165, 1.54) is 31.5 Å². The van der Waals surface area contributed by atoms with E-state index in [-0.39, 0.29) is 0 Å². The topological polar surface area (TPSA) is 24.5 Å². The van der Waals surface area contributed by atoms with E-state index in [9.17, 15) is 0 Å². The molecule has 0 amide bonds. The Morgan fingerprint density at radius 1 is 1.33 bits per heavy atom. The van der Waals surface area contributed by atoms with Gasteiger partial charge in [0.25, 0.3) is 0 Å². The zero-order chi connectivity index (χ0) is 14.7. The van der Waals surface area contributed by atoms with Crippen LogP contribution in [0.5, 0.6) is 5.75 Å². The fourth-order valence-electron chi connectivity index (χ4n) is 3.76. The number of fused-ring (bicyclic) bond motifs is 1. The molecule has 3 atom stereocenters. The molecule has 21 heavy (non-hydrogen) atoms. The van der Waals surface area contributed by atoms with Crippen LogP contribution in [0.3, 0.4) is 0 Å². The molecule has 0 saturated carbocycles. The summed E-state index contributed by atoms with van der Waals surface area (Å²) < 4.78 is 5.81. The number of rotatable bonds is 4. The number of nitrogens with zero attached hydrogens (tertiary/aromatic N) is 1. The molecule has 1 fully saturated rings. The summed E-state index contributed by atoms with van der Waals surface area (Å²) in [6.45, 7) is 8.94. The average Bonchev–Trinajstić information content (AvgIpc) is 2.50. The summed E-state index contributed by atoms with van der Waals surface area (Å²) in [5.41, 5.74) is 1.41. The number of ether oxygens (including phenoxy) is 1. The number of hydrogen-bond acceptors (Lipinski definition) is 3. The van der Waals surface area contributed by atoms with E-state index in [0.717, 1.165) is 25.3 Å². The van der Waals surface area contributed by atoms with Crippen LogP contribution < -0.4 is 10.1 Å². The Morgan fingerprint density at radius 3 is 3.05 bits per heavy atom. The highest BCUT2D eigenvalue weighted by molar-refractivity contribution is 5.38. The van der Waals surface area contributed by atoms with Gasteiger partial charge in [-0.05, 0) is 31.4 Å². The summed E-state index contributed by atoms with van der Waals surface area (Å²) in [5, 5.41) is 3.64. The first-order valence-electron chi connectivity index (χ1n) is 8.47. The minimum Gasteiger partial charge on any atom is -0.493 e. The third kappa shape index (κ3) is 3.41. The van der Waals surface area contributed by atoms with Crippen LogP contribution >= 0.6 is 0 Å². The van der Waals surface area contributed by atoms with Gasteiger partial charge in [0.2, 0.25) is 0 Å². The van der Waals surface area contributed by atoms with Gasteiger partial charge in [-0.25, -0.2) is 0 Å². The van der Waals surface area contributed by atoms with Crippen LogP contribution in [0.2, 0.25) is 0 Å². The highest BCUT2D eigenvalue weighted by Crippen LogP contribution is 2.34. The van der Waals surface area contributed by atoms with Gasteiger partial charge < -0.3 is 10.1 Å². The first kappa shape index (κ1) is 14.9. The predicted octanol–water partition coefficient (Wildman–Crippen LogP) is 3.02. The Hall–Kier alpha value is -1.06. The lowest BCUT2D eigenvalue weighted by Crippen LogP contribution is -2.56. The van der Waals surface area contributed by atoms with Crippen LogP contribution in [0.1, 0.15) is 44.6 Å². The van der Waals surface area contributed by atoms with Crippen LogP contribution in [0.4, 0.5) is 0 Å². The van der Waals surface area contributed by atoms with Gasteiger partial charge >= 0.3 is 0 Å². The highest BCUT2D eigenvalue weighted by Gasteiger charge is 2.29. The minimum absolute atomic E-state index is 0.605. The lowest BCUT2D eigenvalue weighted by molar-refractivity contribution is 0.111. The molecule has 3 heteroatoms. The maximum absolute atomic E-state index is 5.81. The van der Waals surface area contributed by atoms with Gasteiger partial charge in [0.05, 0.1) is 6.61 Å². The van der Waals surface area contributed by atoms with Gasteiger partial charge in [-0.1, -0.05) is 31.5 Å². The SMILES string of the molecule is CCCC1CNC(C)CN1CC1CCOc2ccccc21. The van der Waals surface area contributed by atoms with Crippen LogP contribution in [-0.4, -0.2) is 43.2 Å². The van der Waals surface area contributed by atoms with Gasteiger partial charge in [-0.3, -0.25) is 4.90 Å². The molecule has 0 bridgehead atoms. The second-order valence-corrected chi connectivity index (χ2v) is 6.58. The first-order valence-corrected chi connectivity index (χ1v) is 8.47. The Labute approximate surface area is 128 Å². The van der Waals surface area contributed by atoms with Crippen molar-refractivity contribution < 1.29 is 4.74 Å². The normalized spacial score (nSPS) is 29.7. The molecule has 1 saturated heterocycles. The fraction of sp³-hybridized carbons (Fsp3) is 0.667. The summed E-state index contributed by atoms with van der Waals surface area (Å²) >= 11 is 0. The van der Waals surface area contributed by atoms with E-state index >= 15 is 0 Å². The number of para-hydroxylation sites is 1. The zero-order valence-electron chi connectivity index (χ0n) is 13.3. The van der Waals surface area contributed by atoms with Crippen molar-refractivity contribution in [2.75, 3.05) is 26.2 Å². The molecule has 0 aromatic heterocycles. The molecule has 2 heterocycles. The summed E-state index contributed by atoms with van der Waals surface area (Å²) in [6, 6.07) is 9.89. The van der Waals surface area contributed by atoms with E-state index in [0.29, 0.717) is 18.0 Å². The van der Waals surface area contributed by atoms with Gasteiger partial charge in [0.1, 0.15) is 5.75 Å². The minimum atomic E-state index is 0.605. The van der Waals surface area contributed by atoms with E-state index < -0.39 is 0 Å². The van der Waals surface area contributed by atoms with E-state index in [1.54, 1.807) is 0 Å². The summed E-state index contributed by atoms with van der Waals surface area (Å²) in [6.07, 6.45) is 3.71. The van der Waals surface area contributed by atoms with Crippen LogP contribution in [0.15, 0.2) is 24.3 Å². The molecule has 0 radical (unpaired) electrons. The third-order valence-electron chi connectivity index (χ3n) is 4.89. The van der Waals surface area contributed by atoms with E-state index in [2.05, 4.69) is 48.3 Å². The fourth-order valence-corrected chi connectivity index (χ4v) is 3.76. The molecule has 3 unspecified atom stereocenters. The van der Waals surface area contributed by atoms with Crippen molar-refractivity contribution in [3.05, 3.63) is 29.8 Å². The van der Waals surface area contributed by atoms with Crippen molar-refractivity contribution in [2.45, 2.75) is 51.1 Å². The lowest BCUT2D eigenvalue weighted by Gasteiger charge is -2.42. The molecule has 1 N–H and O–H groups in total. The zero-order valence-corrected chi connectivity index (χ0v) is 13.3. The standard InChI is InChI=1S/C18H28N2O/c1-3-6-16-11-19-14(2)12-20(16)13-15-9-10-21-18-8-5-4-7-17(15)18/h4-5,7-8,14-16,19H,3,6,9-13H2,1-2H3. The van der Waals surface area contributed by atoms with Crippen molar-refractivity contribution in [1.82, 2.24) is 10.2 Å². The van der Waals surface area contributed by atoms with Crippen molar-refractivity contribution in [2.24, 2.45) is 0 Å². The van der Waals surface area contributed by atoms with Crippen LogP contribution in [0.25, 0.3) is 0 Å². The van der Waals surface area contributed by atoms with E-state index in [4.69, 9.17) is 4.74 Å². The summed E-state index contributed by atoms with van der Waals surface area (Å²) in [7, 11) is 0. The van der Waals surface area contributed by atoms with Crippen molar-refractivity contribution in [3.8, 4) is 5.75 Å². The van der Waals surface area contributed by atoms with Gasteiger partial charge in [-0.2, -0.15) is 0 Å². The number of piperazine rings is 1. The van der Waals surface area contributed by atoms with Gasteiger partial charge in [0.15, 0.2) is 0 Å². The predicted molar refractivity (Wildman–Crippen MR) is 87.0 cm³/mol. The largest absolute Gasteiger partial charge is 0.493 e. The Morgan fingerprint density at radius 2 is 2.19 bits per heavy atom. The van der Waals surface area contributed by atoms with Gasteiger partial charge in [0, 0.05) is 37.6 Å². The van der Waals surface area contributed by atoms with Crippen molar-refractivity contribution >= 4 is 0 Å². The van der Waals surface area contributed by atoms with Crippen LogP contribution in [-0.2, 0) is 0 Å². The number of hydrogen-bond donors (Lipinski definition) is 1. The molecule has 0 spiro atoms. The quantitative estimate of drug-likeness (QED) is 0.922. The molecular weight excluding hydrogens is 260 g/mol. The van der Waals surface area contributed by atoms with Crippen LogP contribution in [0, 0.1) is 0 Å². The number of benzene rings is 1. The van der Waals surface area contributed by atoms with Crippen molar-refractivity contribution in [3.63, 3.8) is 0 Å². The number of nitrogens with one attached hydrogen (secondary N) is 1. The lowest BCUT2D eigenvalue weighted by atomic mass is 9.91. The molecule has 1 aromatic rings. The Balaban J connectivity index is 1.72. The monoisotopic (exact) mass is 288 g/mol. The maximum Gasteiger partial charge on any atom is 0.122 e. The molecule has 2 aliphatic rings. The average molecular weight is 288 g/mol. The molecule has 3 nitrogen and oxygen atoms in total. The Kier molecular flexibility index (Phi) is 4.81. The van der Waals surface area contributed by atoms with E-state index in [1.807, 2.05) is 0 Å². The second kappa shape index (κ2) is 6.80. The van der Waals surface area contributed by atoms with Crippen molar-refractivity contribution in [1.29, 1.82) is 0 Å². The molecule has 1 aromatic carbocycles. The Bertz CT molecular complexity index is 462.